The molecule has 0 spiro atoms. The zero-order valence-electron chi connectivity index (χ0n) is 14.7. The van der Waals surface area contributed by atoms with Gasteiger partial charge >= 0.3 is 0 Å². The van der Waals surface area contributed by atoms with Crippen molar-refractivity contribution in [1.29, 1.82) is 0 Å². The fourth-order valence-electron chi connectivity index (χ4n) is 2.16. The van der Waals surface area contributed by atoms with Gasteiger partial charge in [0.2, 0.25) is 0 Å². The molecule has 7 heteroatoms. The second-order valence-corrected chi connectivity index (χ2v) is 6.44. The Morgan fingerprint density at radius 1 is 1.28 bits per heavy atom. The van der Waals surface area contributed by atoms with E-state index < -0.39 is 0 Å². The summed E-state index contributed by atoms with van der Waals surface area (Å²) < 4.78 is 10.8. The molecule has 1 aromatic carbocycles. The molecule has 3 N–H and O–H groups in total. The van der Waals surface area contributed by atoms with Crippen molar-refractivity contribution in [3.8, 4) is 5.75 Å². The fourth-order valence-corrected chi connectivity index (χ4v) is 2.87. The van der Waals surface area contributed by atoms with E-state index >= 15 is 0 Å². The first-order valence-electron chi connectivity index (χ1n) is 7.96. The third kappa shape index (κ3) is 8.06. The predicted molar refractivity (Wildman–Crippen MR) is 115 cm³/mol. The molecule has 0 fully saturated rings. The number of aliphatic imine (C=N–C) groups is 1. The number of nitrogens with zero attached hydrogens (tertiary/aromatic N) is 1. The zero-order chi connectivity index (χ0) is 17.2. The molecule has 0 saturated heterocycles. The normalized spacial score (nSPS) is 11.0. The van der Waals surface area contributed by atoms with Crippen molar-refractivity contribution in [1.82, 2.24) is 5.32 Å². The predicted octanol–water partition coefficient (Wildman–Crippen LogP) is 3.35. The standard InChI is InChI=1S/C18H25N3O2S.HI/c1-14-5-6-15(17(12-14)23-10-9-22-2)13-21-18(19)20-8-7-16-4-3-11-24-16;/h3-6,11-12H,7-10,13H2,1-2H3,(H3,19,20,21);1H. The minimum Gasteiger partial charge on any atom is -0.491 e. The van der Waals surface area contributed by atoms with Gasteiger partial charge in [-0.25, -0.2) is 4.99 Å². The highest BCUT2D eigenvalue weighted by Crippen LogP contribution is 2.21. The average Bonchev–Trinajstić information content (AvgIpc) is 3.08. The van der Waals surface area contributed by atoms with Crippen molar-refractivity contribution >= 4 is 41.3 Å². The van der Waals surface area contributed by atoms with Crippen LogP contribution in [-0.2, 0) is 17.7 Å². The first-order chi connectivity index (χ1) is 11.7. The number of benzene rings is 1. The molecule has 0 amide bonds. The Hall–Kier alpha value is -1.32. The lowest BCUT2D eigenvalue weighted by Crippen LogP contribution is -2.33. The van der Waals surface area contributed by atoms with Gasteiger partial charge in [0.25, 0.3) is 0 Å². The molecule has 2 rings (SSSR count). The Bertz CT molecular complexity index is 648. The van der Waals surface area contributed by atoms with Gasteiger partial charge in [-0.15, -0.1) is 35.3 Å². The number of hydrogen-bond acceptors (Lipinski definition) is 4. The van der Waals surface area contributed by atoms with Crippen molar-refractivity contribution in [3.63, 3.8) is 0 Å². The molecular formula is C18H26IN3O2S. The number of methoxy groups -OCH3 is 1. The number of thiophene rings is 1. The molecule has 0 aliphatic rings. The van der Waals surface area contributed by atoms with Crippen LogP contribution in [0, 0.1) is 6.92 Å². The minimum absolute atomic E-state index is 0. The smallest absolute Gasteiger partial charge is 0.188 e. The monoisotopic (exact) mass is 475 g/mol. The van der Waals surface area contributed by atoms with E-state index in [9.17, 15) is 0 Å². The Balaban J connectivity index is 0.00000312. The number of halogens is 1. The zero-order valence-corrected chi connectivity index (χ0v) is 17.8. The summed E-state index contributed by atoms with van der Waals surface area (Å²) in [5.74, 6) is 1.29. The van der Waals surface area contributed by atoms with Crippen LogP contribution in [0.15, 0.2) is 40.7 Å². The molecule has 0 atom stereocenters. The molecule has 0 saturated carbocycles. The lowest BCUT2D eigenvalue weighted by molar-refractivity contribution is 0.146. The van der Waals surface area contributed by atoms with E-state index in [1.165, 1.54) is 4.88 Å². The quantitative estimate of drug-likeness (QED) is 0.253. The van der Waals surface area contributed by atoms with Crippen LogP contribution in [0.25, 0.3) is 0 Å². The molecular weight excluding hydrogens is 449 g/mol. The summed E-state index contributed by atoms with van der Waals surface area (Å²) in [6, 6.07) is 10.3. The van der Waals surface area contributed by atoms with Crippen molar-refractivity contribution in [3.05, 3.63) is 51.7 Å². The van der Waals surface area contributed by atoms with E-state index in [0.29, 0.717) is 25.7 Å². The van der Waals surface area contributed by atoms with Crippen LogP contribution in [0.3, 0.4) is 0 Å². The van der Waals surface area contributed by atoms with E-state index in [2.05, 4.69) is 33.9 Å². The van der Waals surface area contributed by atoms with E-state index in [1.807, 2.05) is 19.1 Å². The highest BCUT2D eigenvalue weighted by molar-refractivity contribution is 14.0. The summed E-state index contributed by atoms with van der Waals surface area (Å²) in [6.07, 6.45) is 0.948. The van der Waals surface area contributed by atoms with Crippen molar-refractivity contribution in [2.45, 2.75) is 19.9 Å². The molecule has 5 nitrogen and oxygen atoms in total. The number of rotatable bonds is 9. The van der Waals surface area contributed by atoms with Crippen LogP contribution >= 0.6 is 35.3 Å². The maximum Gasteiger partial charge on any atom is 0.188 e. The molecule has 0 unspecified atom stereocenters. The summed E-state index contributed by atoms with van der Waals surface area (Å²) >= 11 is 1.75. The summed E-state index contributed by atoms with van der Waals surface area (Å²) in [6.45, 7) is 4.38. The second kappa shape index (κ2) is 12.1. The van der Waals surface area contributed by atoms with Gasteiger partial charge in [0.15, 0.2) is 5.96 Å². The topological polar surface area (TPSA) is 68.9 Å². The van der Waals surface area contributed by atoms with Gasteiger partial charge in [0.05, 0.1) is 13.2 Å². The number of aryl methyl sites for hydroxylation is 1. The molecule has 138 valence electrons. The molecule has 1 aromatic heterocycles. The lowest BCUT2D eigenvalue weighted by Gasteiger charge is -2.11. The molecule has 2 aromatic rings. The molecule has 1 heterocycles. The number of nitrogens with two attached hydrogens (primary N) is 1. The summed E-state index contributed by atoms with van der Waals surface area (Å²) in [7, 11) is 1.66. The highest BCUT2D eigenvalue weighted by atomic mass is 127. The van der Waals surface area contributed by atoms with E-state index in [4.69, 9.17) is 15.2 Å². The summed E-state index contributed by atoms with van der Waals surface area (Å²) in [5.41, 5.74) is 8.11. The van der Waals surface area contributed by atoms with Crippen LogP contribution in [0.4, 0.5) is 0 Å². The SMILES string of the molecule is COCCOc1cc(C)ccc1CN=C(N)NCCc1cccs1.I. The largest absolute Gasteiger partial charge is 0.491 e. The first kappa shape index (κ1) is 21.7. The maximum atomic E-state index is 5.94. The summed E-state index contributed by atoms with van der Waals surface area (Å²) in [5, 5.41) is 5.23. The van der Waals surface area contributed by atoms with Gasteiger partial charge in [0.1, 0.15) is 12.4 Å². The Labute approximate surface area is 170 Å². The number of hydrogen-bond donors (Lipinski definition) is 2. The third-order valence-electron chi connectivity index (χ3n) is 3.45. The molecule has 0 aliphatic carbocycles. The van der Waals surface area contributed by atoms with Crippen LogP contribution < -0.4 is 15.8 Å². The molecule has 0 radical (unpaired) electrons. The van der Waals surface area contributed by atoms with Gasteiger partial charge in [-0.1, -0.05) is 18.2 Å². The van der Waals surface area contributed by atoms with Gasteiger partial charge in [-0.3, -0.25) is 0 Å². The summed E-state index contributed by atoms with van der Waals surface area (Å²) in [4.78, 5) is 5.74. The van der Waals surface area contributed by atoms with Crippen molar-refractivity contribution < 1.29 is 9.47 Å². The van der Waals surface area contributed by atoms with E-state index in [-0.39, 0.29) is 24.0 Å². The van der Waals surface area contributed by atoms with Gasteiger partial charge < -0.3 is 20.5 Å². The van der Waals surface area contributed by atoms with Crippen molar-refractivity contribution in [2.75, 3.05) is 26.9 Å². The van der Waals surface area contributed by atoms with Gasteiger partial charge in [0, 0.05) is 24.1 Å². The van der Waals surface area contributed by atoms with Crippen LogP contribution in [0.5, 0.6) is 5.75 Å². The Kier molecular flexibility index (Phi) is 10.5. The molecule has 0 bridgehead atoms. The molecule has 25 heavy (non-hydrogen) atoms. The fraction of sp³-hybridized carbons (Fsp3) is 0.389. The first-order valence-corrected chi connectivity index (χ1v) is 8.84. The van der Waals surface area contributed by atoms with E-state index in [1.54, 1.807) is 18.4 Å². The Morgan fingerprint density at radius 2 is 2.12 bits per heavy atom. The average molecular weight is 475 g/mol. The Morgan fingerprint density at radius 3 is 2.84 bits per heavy atom. The van der Waals surface area contributed by atoms with Crippen LogP contribution in [-0.4, -0.2) is 32.8 Å². The lowest BCUT2D eigenvalue weighted by atomic mass is 10.1. The van der Waals surface area contributed by atoms with Crippen LogP contribution in [0.1, 0.15) is 16.0 Å². The number of ether oxygens (including phenoxy) is 2. The van der Waals surface area contributed by atoms with Crippen LogP contribution in [0.2, 0.25) is 0 Å². The van der Waals surface area contributed by atoms with E-state index in [0.717, 1.165) is 29.8 Å². The van der Waals surface area contributed by atoms with Gasteiger partial charge in [-0.2, -0.15) is 0 Å². The second-order valence-electron chi connectivity index (χ2n) is 5.41. The molecule has 0 aliphatic heterocycles. The highest BCUT2D eigenvalue weighted by Gasteiger charge is 2.04. The van der Waals surface area contributed by atoms with Gasteiger partial charge in [-0.05, 0) is 36.4 Å². The third-order valence-corrected chi connectivity index (χ3v) is 4.38. The minimum atomic E-state index is 0. The maximum absolute atomic E-state index is 5.94. The van der Waals surface area contributed by atoms with Crippen molar-refractivity contribution in [2.24, 2.45) is 10.7 Å². The number of nitrogens with one attached hydrogen (secondary N) is 1. The number of guanidine groups is 1.